The van der Waals surface area contributed by atoms with Crippen LogP contribution in [-0.2, 0) is 11.2 Å². The first-order chi connectivity index (χ1) is 12.0. The van der Waals surface area contributed by atoms with Crippen LogP contribution in [0.3, 0.4) is 0 Å². The molecule has 0 saturated carbocycles. The van der Waals surface area contributed by atoms with Crippen LogP contribution in [0.4, 0.5) is 4.79 Å². The van der Waals surface area contributed by atoms with E-state index in [9.17, 15) is 4.79 Å². The van der Waals surface area contributed by atoms with Gasteiger partial charge in [-0.15, -0.1) is 24.0 Å². The first kappa shape index (κ1) is 22.5. The molecule has 26 heavy (non-hydrogen) atoms. The van der Waals surface area contributed by atoms with E-state index in [1.165, 1.54) is 0 Å². The molecule has 2 rings (SSSR count). The van der Waals surface area contributed by atoms with E-state index in [1.807, 2.05) is 20.8 Å². The number of guanidine groups is 1. The third kappa shape index (κ3) is 6.33. The number of carbonyl (C=O) groups excluding carboxylic acids is 1. The molecule has 2 N–H and O–H groups in total. The number of hydrogen-bond acceptors (Lipinski definition) is 5. The number of hydrogen-bond donors (Lipinski definition) is 2. The van der Waals surface area contributed by atoms with Gasteiger partial charge in [0, 0.05) is 38.3 Å². The molecule has 0 bridgehead atoms. The van der Waals surface area contributed by atoms with Gasteiger partial charge in [0.2, 0.25) is 0 Å². The lowest BCUT2D eigenvalue weighted by Crippen LogP contribution is -2.50. The third-order valence-corrected chi connectivity index (χ3v) is 4.43. The number of piperidine rings is 1. The van der Waals surface area contributed by atoms with Crippen molar-refractivity contribution < 1.29 is 14.1 Å². The molecule has 0 aliphatic carbocycles. The monoisotopic (exact) mass is 479 g/mol. The molecule has 1 aromatic rings. The molecule has 2 heterocycles. The Hall–Kier alpha value is -1.52. The number of nitrogens with one attached hydrogen (secondary N) is 2. The number of amides is 1. The van der Waals surface area contributed by atoms with Gasteiger partial charge in [-0.25, -0.2) is 4.79 Å². The van der Waals surface area contributed by atoms with Crippen molar-refractivity contribution in [1.29, 1.82) is 0 Å². The minimum atomic E-state index is -0.220. The Morgan fingerprint density at radius 2 is 2.08 bits per heavy atom. The van der Waals surface area contributed by atoms with Gasteiger partial charge in [0.15, 0.2) is 5.96 Å². The average Bonchev–Trinajstić information content (AvgIpc) is 2.93. The summed E-state index contributed by atoms with van der Waals surface area (Å²) < 4.78 is 10.2. The standard InChI is InChI=1S/C17H29N5O3.HI/c1-5-24-17(23)22-10-7-14(8-11-22)20-16(18-4)19-9-6-15-12(2)21-25-13(15)3;/h14H,5-11H2,1-4H3,(H2,18,19,20);1H. The molecule has 8 nitrogen and oxygen atoms in total. The van der Waals surface area contributed by atoms with Gasteiger partial charge in [-0.05, 0) is 40.0 Å². The molecular formula is C17H30IN5O3. The summed E-state index contributed by atoms with van der Waals surface area (Å²) in [5, 5.41) is 10.7. The van der Waals surface area contributed by atoms with E-state index in [4.69, 9.17) is 9.26 Å². The molecule has 0 atom stereocenters. The molecule has 0 radical (unpaired) electrons. The lowest BCUT2D eigenvalue weighted by Gasteiger charge is -2.32. The van der Waals surface area contributed by atoms with Gasteiger partial charge in [-0.3, -0.25) is 4.99 Å². The van der Waals surface area contributed by atoms with Crippen LogP contribution in [0.5, 0.6) is 0 Å². The Kier molecular flexibility index (Phi) is 9.74. The lowest BCUT2D eigenvalue weighted by molar-refractivity contribution is 0.0963. The van der Waals surface area contributed by atoms with Crippen molar-refractivity contribution >= 4 is 36.0 Å². The second kappa shape index (κ2) is 11.2. The molecule has 1 saturated heterocycles. The Balaban J connectivity index is 0.00000338. The Bertz CT molecular complexity index is 578. The van der Waals surface area contributed by atoms with E-state index in [-0.39, 0.29) is 30.1 Å². The van der Waals surface area contributed by atoms with Crippen LogP contribution >= 0.6 is 24.0 Å². The fraction of sp³-hybridized carbons (Fsp3) is 0.706. The van der Waals surface area contributed by atoms with Gasteiger partial charge in [0.25, 0.3) is 0 Å². The molecule has 1 aliphatic heterocycles. The molecule has 0 unspecified atom stereocenters. The van der Waals surface area contributed by atoms with Gasteiger partial charge >= 0.3 is 6.09 Å². The summed E-state index contributed by atoms with van der Waals surface area (Å²) in [6.45, 7) is 8.28. The Morgan fingerprint density at radius 3 is 2.62 bits per heavy atom. The maximum atomic E-state index is 11.7. The fourth-order valence-electron chi connectivity index (χ4n) is 2.97. The van der Waals surface area contributed by atoms with E-state index in [0.717, 1.165) is 48.8 Å². The molecule has 1 aromatic heterocycles. The zero-order chi connectivity index (χ0) is 18.2. The summed E-state index contributed by atoms with van der Waals surface area (Å²) in [5.74, 6) is 1.65. The van der Waals surface area contributed by atoms with E-state index in [2.05, 4.69) is 20.8 Å². The van der Waals surface area contributed by atoms with Crippen molar-refractivity contribution in [2.75, 3.05) is 33.3 Å². The van der Waals surface area contributed by atoms with Crippen molar-refractivity contribution in [2.24, 2.45) is 4.99 Å². The maximum Gasteiger partial charge on any atom is 0.409 e. The summed E-state index contributed by atoms with van der Waals surface area (Å²) in [6.07, 6.45) is 2.37. The highest BCUT2D eigenvalue weighted by Gasteiger charge is 2.24. The normalized spacial score (nSPS) is 15.4. The second-order valence-electron chi connectivity index (χ2n) is 6.16. The van der Waals surface area contributed by atoms with Crippen molar-refractivity contribution in [3.8, 4) is 0 Å². The quantitative estimate of drug-likeness (QED) is 0.383. The molecule has 0 aromatic carbocycles. The van der Waals surface area contributed by atoms with Crippen molar-refractivity contribution in [3.63, 3.8) is 0 Å². The first-order valence-corrected chi connectivity index (χ1v) is 8.85. The Morgan fingerprint density at radius 1 is 1.38 bits per heavy atom. The molecule has 1 amide bonds. The van der Waals surface area contributed by atoms with Crippen molar-refractivity contribution in [3.05, 3.63) is 17.0 Å². The van der Waals surface area contributed by atoms with Crippen LogP contribution < -0.4 is 10.6 Å². The van der Waals surface area contributed by atoms with Crippen LogP contribution in [0, 0.1) is 13.8 Å². The highest BCUT2D eigenvalue weighted by Crippen LogP contribution is 2.13. The average molecular weight is 479 g/mol. The van der Waals surface area contributed by atoms with Crippen LogP contribution in [-0.4, -0.2) is 61.4 Å². The van der Waals surface area contributed by atoms with Crippen LogP contribution in [0.1, 0.15) is 36.8 Å². The van der Waals surface area contributed by atoms with Crippen molar-refractivity contribution in [1.82, 2.24) is 20.7 Å². The molecule has 9 heteroatoms. The topological polar surface area (TPSA) is 92.0 Å². The number of aryl methyl sites for hydroxylation is 2. The number of halogens is 1. The van der Waals surface area contributed by atoms with Crippen LogP contribution in [0.2, 0.25) is 0 Å². The number of nitrogens with zero attached hydrogens (tertiary/aromatic N) is 3. The molecule has 0 spiro atoms. The second-order valence-corrected chi connectivity index (χ2v) is 6.16. The zero-order valence-electron chi connectivity index (χ0n) is 16.0. The minimum Gasteiger partial charge on any atom is -0.450 e. The number of carbonyl (C=O) groups is 1. The highest BCUT2D eigenvalue weighted by molar-refractivity contribution is 14.0. The summed E-state index contributed by atoms with van der Waals surface area (Å²) in [7, 11) is 1.76. The van der Waals surface area contributed by atoms with Gasteiger partial charge in [0.05, 0.1) is 12.3 Å². The number of likely N-dealkylation sites (tertiary alicyclic amines) is 1. The first-order valence-electron chi connectivity index (χ1n) is 8.85. The third-order valence-electron chi connectivity index (χ3n) is 4.43. The maximum absolute atomic E-state index is 11.7. The smallest absolute Gasteiger partial charge is 0.409 e. The molecule has 148 valence electrons. The molecular weight excluding hydrogens is 449 g/mol. The number of aliphatic imine (C=N–C) groups is 1. The van der Waals surface area contributed by atoms with E-state index in [1.54, 1.807) is 11.9 Å². The number of ether oxygens (including phenoxy) is 1. The largest absolute Gasteiger partial charge is 0.450 e. The van der Waals surface area contributed by atoms with E-state index < -0.39 is 0 Å². The lowest BCUT2D eigenvalue weighted by atomic mass is 10.1. The van der Waals surface area contributed by atoms with Crippen LogP contribution in [0.15, 0.2) is 9.52 Å². The Labute approximate surface area is 172 Å². The SMILES string of the molecule is CCOC(=O)N1CCC(NC(=NC)NCCc2c(C)noc2C)CC1.I. The van der Waals surface area contributed by atoms with Crippen LogP contribution in [0.25, 0.3) is 0 Å². The number of rotatable bonds is 5. The zero-order valence-corrected chi connectivity index (χ0v) is 18.3. The van der Waals surface area contributed by atoms with Crippen molar-refractivity contribution in [2.45, 2.75) is 46.1 Å². The predicted molar refractivity (Wildman–Crippen MR) is 111 cm³/mol. The fourth-order valence-corrected chi connectivity index (χ4v) is 2.97. The van der Waals surface area contributed by atoms with E-state index >= 15 is 0 Å². The predicted octanol–water partition coefficient (Wildman–Crippen LogP) is 2.24. The summed E-state index contributed by atoms with van der Waals surface area (Å²) >= 11 is 0. The minimum absolute atomic E-state index is 0. The highest BCUT2D eigenvalue weighted by atomic mass is 127. The number of aromatic nitrogens is 1. The molecule has 1 fully saturated rings. The van der Waals surface area contributed by atoms with Gasteiger partial charge in [-0.2, -0.15) is 0 Å². The molecule has 1 aliphatic rings. The summed E-state index contributed by atoms with van der Waals surface area (Å²) in [4.78, 5) is 17.8. The summed E-state index contributed by atoms with van der Waals surface area (Å²) in [5.41, 5.74) is 2.08. The van der Waals surface area contributed by atoms with E-state index in [0.29, 0.717) is 25.7 Å². The van der Waals surface area contributed by atoms with Gasteiger partial charge in [0.1, 0.15) is 5.76 Å². The van der Waals surface area contributed by atoms with Gasteiger partial charge in [-0.1, -0.05) is 5.16 Å². The van der Waals surface area contributed by atoms with Gasteiger partial charge < -0.3 is 24.8 Å². The summed E-state index contributed by atoms with van der Waals surface area (Å²) in [6, 6.07) is 0.302.